The molecule has 0 spiro atoms. The molecule has 4 nitrogen and oxygen atoms in total. The molecule has 3 rings (SSSR count). The largest absolute Gasteiger partial charge is 0.468 e. The van der Waals surface area contributed by atoms with Crippen LogP contribution in [0.3, 0.4) is 0 Å². The maximum Gasteiger partial charge on any atom is 0.117 e. The van der Waals surface area contributed by atoms with E-state index >= 15 is 0 Å². The van der Waals surface area contributed by atoms with Crippen LogP contribution in [0.4, 0.5) is 0 Å². The van der Waals surface area contributed by atoms with Gasteiger partial charge in [-0.1, -0.05) is 0 Å². The van der Waals surface area contributed by atoms with Crippen molar-refractivity contribution in [3.8, 4) is 0 Å². The fourth-order valence-electron chi connectivity index (χ4n) is 3.27. The summed E-state index contributed by atoms with van der Waals surface area (Å²) in [6.07, 6.45) is 8.79. The molecule has 6 heteroatoms. The van der Waals surface area contributed by atoms with Crippen molar-refractivity contribution in [1.82, 2.24) is 10.6 Å². The summed E-state index contributed by atoms with van der Waals surface area (Å²) in [5.74, 6) is 3.68. The molecule has 0 radical (unpaired) electrons. The molecule has 0 bridgehead atoms. The Kier molecular flexibility index (Phi) is 10.2. The van der Waals surface area contributed by atoms with Gasteiger partial charge in [0.2, 0.25) is 0 Å². The lowest BCUT2D eigenvalue weighted by Crippen LogP contribution is -2.30. The van der Waals surface area contributed by atoms with Crippen LogP contribution in [0.15, 0.2) is 45.6 Å². The van der Waals surface area contributed by atoms with E-state index in [1.807, 2.05) is 24.3 Å². The average Bonchev–Trinajstić information content (AvgIpc) is 3.22. The molecule has 0 unspecified atom stereocenters. The second kappa shape index (κ2) is 11.6. The quantitative estimate of drug-likeness (QED) is 0.718. The minimum atomic E-state index is 0. The Labute approximate surface area is 156 Å². The zero-order valence-corrected chi connectivity index (χ0v) is 15.5. The Hall–Kier alpha value is -0.940. The van der Waals surface area contributed by atoms with E-state index < -0.39 is 0 Å². The molecule has 1 aliphatic rings. The molecule has 2 aromatic heterocycles. The number of hydrogen-bond acceptors (Lipinski definition) is 4. The van der Waals surface area contributed by atoms with Crippen LogP contribution in [0.25, 0.3) is 0 Å². The van der Waals surface area contributed by atoms with Crippen molar-refractivity contribution in [3.05, 3.63) is 48.3 Å². The van der Waals surface area contributed by atoms with Crippen molar-refractivity contribution in [2.24, 2.45) is 11.8 Å². The van der Waals surface area contributed by atoms with Crippen molar-refractivity contribution in [1.29, 1.82) is 0 Å². The van der Waals surface area contributed by atoms with Gasteiger partial charge in [-0.25, -0.2) is 0 Å². The third kappa shape index (κ3) is 6.89. The first-order valence-electron chi connectivity index (χ1n) is 8.36. The van der Waals surface area contributed by atoms with Gasteiger partial charge >= 0.3 is 0 Å². The third-order valence-corrected chi connectivity index (χ3v) is 4.59. The molecule has 1 saturated carbocycles. The van der Waals surface area contributed by atoms with Gasteiger partial charge in [0.05, 0.1) is 25.6 Å². The Morgan fingerprint density at radius 3 is 1.50 bits per heavy atom. The molecular formula is C18H28Cl2N2O2. The maximum absolute atomic E-state index is 5.34. The van der Waals surface area contributed by atoms with E-state index in [0.29, 0.717) is 0 Å². The highest BCUT2D eigenvalue weighted by atomic mass is 35.5. The molecule has 2 N–H and O–H groups in total. The smallest absolute Gasteiger partial charge is 0.117 e. The first-order chi connectivity index (χ1) is 10.9. The number of rotatable bonds is 8. The predicted molar refractivity (Wildman–Crippen MR) is 101 cm³/mol. The SMILES string of the molecule is Cl.Cl.c1coc(CNCC2CCC(CNCc3ccco3)CC2)c1. The number of furan rings is 2. The summed E-state index contributed by atoms with van der Waals surface area (Å²) in [6.45, 7) is 3.90. The predicted octanol–water partition coefficient (Wildman–Crippen LogP) is 4.40. The second-order valence-corrected chi connectivity index (χ2v) is 6.31. The average molecular weight is 375 g/mol. The van der Waals surface area contributed by atoms with Gasteiger partial charge in [0.1, 0.15) is 11.5 Å². The molecular weight excluding hydrogens is 347 g/mol. The van der Waals surface area contributed by atoms with Crippen LogP contribution in [0.5, 0.6) is 0 Å². The van der Waals surface area contributed by atoms with Crippen molar-refractivity contribution in [2.45, 2.75) is 38.8 Å². The number of hydrogen-bond donors (Lipinski definition) is 2. The van der Waals surface area contributed by atoms with Gasteiger partial charge in [-0.3, -0.25) is 0 Å². The lowest BCUT2D eigenvalue weighted by Gasteiger charge is -2.28. The van der Waals surface area contributed by atoms with Gasteiger partial charge in [-0.2, -0.15) is 0 Å². The standard InChI is InChI=1S/C18H26N2O2.2ClH/c1-3-17(21-9-1)13-19-11-15-5-7-16(8-6-15)12-20-14-18-4-2-10-22-18;;/h1-4,9-10,15-16,19-20H,5-8,11-14H2;2*1H. The van der Waals surface area contributed by atoms with E-state index in [9.17, 15) is 0 Å². The molecule has 136 valence electrons. The first-order valence-corrected chi connectivity index (χ1v) is 8.36. The second-order valence-electron chi connectivity index (χ2n) is 6.31. The first kappa shape index (κ1) is 21.1. The Balaban J connectivity index is 0.00000144. The van der Waals surface area contributed by atoms with Gasteiger partial charge in [-0.15, -0.1) is 24.8 Å². The van der Waals surface area contributed by atoms with Crippen LogP contribution in [-0.2, 0) is 13.1 Å². The minimum absolute atomic E-state index is 0. The summed E-state index contributed by atoms with van der Waals surface area (Å²) < 4.78 is 10.7. The molecule has 0 saturated heterocycles. The van der Waals surface area contributed by atoms with Crippen LogP contribution in [0, 0.1) is 11.8 Å². The Morgan fingerprint density at radius 2 is 1.17 bits per heavy atom. The molecule has 1 aliphatic carbocycles. The lowest BCUT2D eigenvalue weighted by atomic mass is 9.82. The molecule has 24 heavy (non-hydrogen) atoms. The fraction of sp³-hybridized carbons (Fsp3) is 0.556. The molecule has 0 aliphatic heterocycles. The summed E-state index contributed by atoms with van der Waals surface area (Å²) in [5.41, 5.74) is 0. The third-order valence-electron chi connectivity index (χ3n) is 4.59. The molecule has 0 atom stereocenters. The highest BCUT2D eigenvalue weighted by Crippen LogP contribution is 2.28. The van der Waals surface area contributed by atoms with Crippen LogP contribution < -0.4 is 10.6 Å². The van der Waals surface area contributed by atoms with Gasteiger partial charge in [-0.05, 0) is 74.9 Å². The normalized spacial score (nSPS) is 20.2. The summed E-state index contributed by atoms with van der Waals surface area (Å²) >= 11 is 0. The highest BCUT2D eigenvalue weighted by Gasteiger charge is 2.20. The summed E-state index contributed by atoms with van der Waals surface area (Å²) in [6, 6.07) is 7.93. The van der Waals surface area contributed by atoms with Crippen molar-refractivity contribution >= 4 is 24.8 Å². The summed E-state index contributed by atoms with van der Waals surface area (Å²) in [7, 11) is 0. The lowest BCUT2D eigenvalue weighted by molar-refractivity contribution is 0.258. The van der Waals surface area contributed by atoms with Crippen LogP contribution >= 0.6 is 24.8 Å². The minimum Gasteiger partial charge on any atom is -0.468 e. The molecule has 0 aromatic carbocycles. The van der Waals surface area contributed by atoms with E-state index in [4.69, 9.17) is 8.83 Å². The van der Waals surface area contributed by atoms with E-state index in [-0.39, 0.29) is 24.8 Å². The van der Waals surface area contributed by atoms with Gasteiger partial charge < -0.3 is 19.5 Å². The molecule has 1 fully saturated rings. The van der Waals surface area contributed by atoms with Gasteiger partial charge in [0.25, 0.3) is 0 Å². The Bertz CT molecular complexity index is 461. The van der Waals surface area contributed by atoms with Crippen molar-refractivity contribution < 1.29 is 8.83 Å². The zero-order chi connectivity index (χ0) is 15.0. The van der Waals surface area contributed by atoms with Crippen LogP contribution in [0.1, 0.15) is 37.2 Å². The molecule has 2 aromatic rings. The van der Waals surface area contributed by atoms with Crippen LogP contribution in [-0.4, -0.2) is 13.1 Å². The molecule has 0 amide bonds. The van der Waals surface area contributed by atoms with E-state index in [1.165, 1.54) is 25.7 Å². The summed E-state index contributed by atoms with van der Waals surface area (Å²) in [4.78, 5) is 0. The number of nitrogens with one attached hydrogen (secondary N) is 2. The van der Waals surface area contributed by atoms with E-state index in [0.717, 1.165) is 49.5 Å². The fourth-order valence-corrected chi connectivity index (χ4v) is 3.27. The van der Waals surface area contributed by atoms with Crippen molar-refractivity contribution in [2.75, 3.05) is 13.1 Å². The van der Waals surface area contributed by atoms with E-state index in [1.54, 1.807) is 12.5 Å². The number of halogens is 2. The molecule has 2 heterocycles. The van der Waals surface area contributed by atoms with Crippen LogP contribution in [0.2, 0.25) is 0 Å². The Morgan fingerprint density at radius 1 is 0.750 bits per heavy atom. The van der Waals surface area contributed by atoms with Crippen molar-refractivity contribution in [3.63, 3.8) is 0 Å². The van der Waals surface area contributed by atoms with Gasteiger partial charge in [0, 0.05) is 0 Å². The van der Waals surface area contributed by atoms with E-state index in [2.05, 4.69) is 10.6 Å². The maximum atomic E-state index is 5.34. The zero-order valence-electron chi connectivity index (χ0n) is 13.9. The highest BCUT2D eigenvalue weighted by molar-refractivity contribution is 5.85. The summed E-state index contributed by atoms with van der Waals surface area (Å²) in [5, 5.41) is 7.02. The monoisotopic (exact) mass is 374 g/mol. The van der Waals surface area contributed by atoms with Gasteiger partial charge in [0.15, 0.2) is 0 Å². The topological polar surface area (TPSA) is 50.3 Å².